The topological polar surface area (TPSA) is 51.2 Å². The molecule has 1 N–H and O–H groups in total. The molecule has 1 amide bonds. The Morgan fingerprint density at radius 1 is 0.821 bits per heavy atom. The fourth-order valence-corrected chi connectivity index (χ4v) is 2.99. The molecular weight excluding hydrogens is 348 g/mol. The molecule has 0 aliphatic rings. The number of fused-ring (bicyclic) bond motifs is 1. The number of carbonyl (C=O) groups is 1. The SMILES string of the molecule is O=C(NCc1ccnc(OCc2ccccc2)c1)c1ccc2ccccc2c1. The summed E-state index contributed by atoms with van der Waals surface area (Å²) in [6, 6.07) is 27.4. The second-order valence-electron chi connectivity index (χ2n) is 6.52. The Hall–Kier alpha value is -3.66. The number of nitrogens with one attached hydrogen (secondary N) is 1. The molecule has 3 aromatic carbocycles. The average molecular weight is 368 g/mol. The van der Waals surface area contributed by atoms with E-state index in [1.54, 1.807) is 6.20 Å². The first-order chi connectivity index (χ1) is 13.8. The largest absolute Gasteiger partial charge is 0.473 e. The molecule has 0 aliphatic heterocycles. The Morgan fingerprint density at radius 3 is 2.46 bits per heavy atom. The molecule has 1 aromatic heterocycles. The number of pyridine rings is 1. The summed E-state index contributed by atoms with van der Waals surface area (Å²) in [4.78, 5) is 16.7. The molecule has 28 heavy (non-hydrogen) atoms. The van der Waals surface area contributed by atoms with Crippen LogP contribution in [0.15, 0.2) is 91.1 Å². The monoisotopic (exact) mass is 368 g/mol. The lowest BCUT2D eigenvalue weighted by Gasteiger charge is -2.09. The Morgan fingerprint density at radius 2 is 1.61 bits per heavy atom. The number of benzene rings is 3. The molecular formula is C24H20N2O2. The highest BCUT2D eigenvalue weighted by Crippen LogP contribution is 2.16. The average Bonchev–Trinajstić information content (AvgIpc) is 2.77. The van der Waals surface area contributed by atoms with Gasteiger partial charge in [-0.25, -0.2) is 4.98 Å². The van der Waals surface area contributed by atoms with Gasteiger partial charge >= 0.3 is 0 Å². The van der Waals surface area contributed by atoms with E-state index in [1.807, 2.05) is 84.9 Å². The van der Waals surface area contributed by atoms with E-state index >= 15 is 0 Å². The van der Waals surface area contributed by atoms with E-state index in [1.165, 1.54) is 0 Å². The maximum Gasteiger partial charge on any atom is 0.251 e. The predicted octanol–water partition coefficient (Wildman–Crippen LogP) is 4.74. The van der Waals surface area contributed by atoms with E-state index in [0.717, 1.165) is 21.9 Å². The first kappa shape index (κ1) is 17.7. The Bertz CT molecular complexity index is 1090. The Balaban J connectivity index is 1.38. The van der Waals surface area contributed by atoms with Gasteiger partial charge in [0.15, 0.2) is 0 Å². The summed E-state index contributed by atoms with van der Waals surface area (Å²) in [6.45, 7) is 0.872. The van der Waals surface area contributed by atoms with Gasteiger partial charge in [0, 0.05) is 24.4 Å². The maximum absolute atomic E-state index is 12.5. The van der Waals surface area contributed by atoms with Gasteiger partial charge in [-0.15, -0.1) is 0 Å². The lowest BCUT2D eigenvalue weighted by Crippen LogP contribution is -2.22. The van der Waals surface area contributed by atoms with Crippen molar-refractivity contribution in [2.24, 2.45) is 0 Å². The Labute approximate surface area is 163 Å². The van der Waals surface area contributed by atoms with E-state index in [2.05, 4.69) is 10.3 Å². The molecule has 0 saturated carbocycles. The van der Waals surface area contributed by atoms with Crippen molar-refractivity contribution in [1.29, 1.82) is 0 Å². The van der Waals surface area contributed by atoms with Crippen LogP contribution >= 0.6 is 0 Å². The van der Waals surface area contributed by atoms with E-state index in [-0.39, 0.29) is 5.91 Å². The molecule has 4 rings (SSSR count). The minimum atomic E-state index is -0.102. The molecule has 0 radical (unpaired) electrons. The molecule has 0 saturated heterocycles. The van der Waals surface area contributed by atoms with Gasteiger partial charge in [0.1, 0.15) is 6.61 Å². The first-order valence-electron chi connectivity index (χ1n) is 9.16. The van der Waals surface area contributed by atoms with Crippen molar-refractivity contribution in [1.82, 2.24) is 10.3 Å². The second kappa shape index (κ2) is 8.35. The smallest absolute Gasteiger partial charge is 0.251 e. The first-order valence-corrected chi connectivity index (χ1v) is 9.16. The van der Waals surface area contributed by atoms with Crippen molar-refractivity contribution in [3.63, 3.8) is 0 Å². The number of hydrogen-bond donors (Lipinski definition) is 1. The van der Waals surface area contributed by atoms with Gasteiger partial charge < -0.3 is 10.1 Å². The zero-order valence-electron chi connectivity index (χ0n) is 15.3. The third-order valence-electron chi connectivity index (χ3n) is 4.49. The lowest BCUT2D eigenvalue weighted by atomic mass is 10.1. The van der Waals surface area contributed by atoms with Gasteiger partial charge in [0.2, 0.25) is 5.88 Å². The van der Waals surface area contributed by atoms with Crippen LogP contribution in [0.2, 0.25) is 0 Å². The molecule has 0 fully saturated rings. The molecule has 138 valence electrons. The number of ether oxygens (including phenoxy) is 1. The van der Waals surface area contributed by atoms with Gasteiger partial charge in [0.25, 0.3) is 5.91 Å². The molecule has 1 heterocycles. The molecule has 0 aliphatic carbocycles. The maximum atomic E-state index is 12.5. The third kappa shape index (κ3) is 4.35. The van der Waals surface area contributed by atoms with E-state index in [4.69, 9.17) is 4.74 Å². The summed E-state index contributed by atoms with van der Waals surface area (Å²) in [5.74, 6) is 0.440. The number of amides is 1. The van der Waals surface area contributed by atoms with Crippen LogP contribution in [0.4, 0.5) is 0 Å². The van der Waals surface area contributed by atoms with Gasteiger partial charge in [-0.2, -0.15) is 0 Å². The zero-order valence-corrected chi connectivity index (χ0v) is 15.3. The molecule has 0 atom stereocenters. The Kier molecular flexibility index (Phi) is 5.29. The molecule has 4 heteroatoms. The summed E-state index contributed by atoms with van der Waals surface area (Å²) >= 11 is 0. The summed E-state index contributed by atoms with van der Waals surface area (Å²) < 4.78 is 5.75. The van der Waals surface area contributed by atoms with Crippen LogP contribution in [0.1, 0.15) is 21.5 Å². The zero-order chi connectivity index (χ0) is 19.2. The molecule has 4 nitrogen and oxygen atoms in total. The van der Waals surface area contributed by atoms with Crippen LogP contribution in [0, 0.1) is 0 Å². The fraction of sp³-hybridized carbons (Fsp3) is 0.0833. The van der Waals surface area contributed by atoms with Gasteiger partial charge in [-0.1, -0.05) is 60.7 Å². The van der Waals surface area contributed by atoms with Gasteiger partial charge in [-0.3, -0.25) is 4.79 Å². The van der Waals surface area contributed by atoms with Crippen molar-refractivity contribution in [3.05, 3.63) is 108 Å². The van der Waals surface area contributed by atoms with Crippen molar-refractivity contribution < 1.29 is 9.53 Å². The quantitative estimate of drug-likeness (QED) is 0.535. The summed E-state index contributed by atoms with van der Waals surface area (Å²) in [5, 5.41) is 5.13. The minimum Gasteiger partial charge on any atom is -0.473 e. The highest BCUT2D eigenvalue weighted by atomic mass is 16.5. The van der Waals surface area contributed by atoms with Crippen LogP contribution in [-0.2, 0) is 13.2 Å². The van der Waals surface area contributed by atoms with E-state index in [0.29, 0.717) is 24.6 Å². The summed E-state index contributed by atoms with van der Waals surface area (Å²) in [7, 11) is 0. The number of rotatable bonds is 6. The van der Waals surface area contributed by atoms with Gasteiger partial charge in [0.05, 0.1) is 0 Å². The number of aromatic nitrogens is 1. The molecule has 0 bridgehead atoms. The van der Waals surface area contributed by atoms with Crippen LogP contribution < -0.4 is 10.1 Å². The molecule has 0 spiro atoms. The molecule has 0 unspecified atom stereocenters. The van der Waals surface area contributed by atoms with Gasteiger partial charge in [-0.05, 0) is 40.1 Å². The lowest BCUT2D eigenvalue weighted by molar-refractivity contribution is 0.0951. The van der Waals surface area contributed by atoms with E-state index < -0.39 is 0 Å². The van der Waals surface area contributed by atoms with Crippen molar-refractivity contribution in [2.45, 2.75) is 13.2 Å². The van der Waals surface area contributed by atoms with Crippen LogP contribution in [-0.4, -0.2) is 10.9 Å². The number of nitrogens with zero attached hydrogens (tertiary/aromatic N) is 1. The van der Waals surface area contributed by atoms with Crippen LogP contribution in [0.25, 0.3) is 10.8 Å². The number of carbonyl (C=O) groups excluding carboxylic acids is 1. The number of hydrogen-bond acceptors (Lipinski definition) is 3. The highest BCUT2D eigenvalue weighted by molar-refractivity contribution is 5.98. The van der Waals surface area contributed by atoms with Crippen molar-refractivity contribution in [2.75, 3.05) is 0 Å². The van der Waals surface area contributed by atoms with Crippen LogP contribution in [0.3, 0.4) is 0 Å². The van der Waals surface area contributed by atoms with Crippen molar-refractivity contribution in [3.8, 4) is 5.88 Å². The van der Waals surface area contributed by atoms with Crippen molar-refractivity contribution >= 4 is 16.7 Å². The fourth-order valence-electron chi connectivity index (χ4n) is 2.99. The summed E-state index contributed by atoms with van der Waals surface area (Å²) in [5.41, 5.74) is 2.67. The standard InChI is InChI=1S/C24H20N2O2/c27-24(22-11-10-20-8-4-5-9-21(20)15-22)26-16-19-12-13-25-23(14-19)28-17-18-6-2-1-3-7-18/h1-15H,16-17H2,(H,26,27). The summed E-state index contributed by atoms with van der Waals surface area (Å²) in [6.07, 6.45) is 1.69. The van der Waals surface area contributed by atoms with Crippen LogP contribution in [0.5, 0.6) is 5.88 Å². The predicted molar refractivity (Wildman–Crippen MR) is 110 cm³/mol. The molecule has 4 aromatic rings. The second-order valence-corrected chi connectivity index (χ2v) is 6.52. The van der Waals surface area contributed by atoms with E-state index in [9.17, 15) is 4.79 Å². The normalized spacial score (nSPS) is 10.6. The highest BCUT2D eigenvalue weighted by Gasteiger charge is 2.07. The minimum absolute atomic E-state index is 0.102. The third-order valence-corrected chi connectivity index (χ3v) is 4.49.